The van der Waals surface area contributed by atoms with Gasteiger partial charge in [-0.25, -0.2) is 0 Å². The summed E-state index contributed by atoms with van der Waals surface area (Å²) in [6, 6.07) is 7.84. The molecule has 24 heavy (non-hydrogen) atoms. The summed E-state index contributed by atoms with van der Waals surface area (Å²) in [5, 5.41) is 0.433. The lowest BCUT2D eigenvalue weighted by molar-refractivity contribution is 0.103. The van der Waals surface area contributed by atoms with Crippen LogP contribution in [-0.2, 0) is 12.2 Å². The predicted molar refractivity (Wildman–Crippen MR) is 103 cm³/mol. The SMILES string of the molecule is C=CC1Cc2c(C)c3c(c(C)c2CS1)C(=C)c1ccccc1C3=O. The van der Waals surface area contributed by atoms with Gasteiger partial charge in [0.2, 0.25) is 0 Å². The van der Waals surface area contributed by atoms with E-state index in [1.54, 1.807) is 0 Å². The topological polar surface area (TPSA) is 17.1 Å². The van der Waals surface area contributed by atoms with Crippen LogP contribution in [0.25, 0.3) is 5.57 Å². The average Bonchev–Trinajstić information content (AvgIpc) is 2.62. The van der Waals surface area contributed by atoms with Gasteiger partial charge in [-0.15, -0.1) is 18.3 Å². The van der Waals surface area contributed by atoms with Crippen LogP contribution in [0.2, 0.25) is 0 Å². The number of fused-ring (bicyclic) bond motifs is 3. The van der Waals surface area contributed by atoms with Gasteiger partial charge in [0.25, 0.3) is 0 Å². The van der Waals surface area contributed by atoms with Crippen molar-refractivity contribution in [3.05, 3.63) is 88.0 Å². The fraction of sp³-hybridized carbons (Fsp3) is 0.227. The number of benzene rings is 2. The quantitative estimate of drug-likeness (QED) is 0.566. The van der Waals surface area contributed by atoms with Crippen LogP contribution < -0.4 is 0 Å². The number of carbonyl (C=O) groups excluding carboxylic acids is 1. The normalized spacial score (nSPS) is 18.7. The van der Waals surface area contributed by atoms with Crippen LogP contribution in [0, 0.1) is 13.8 Å². The van der Waals surface area contributed by atoms with Gasteiger partial charge in [-0.1, -0.05) is 36.9 Å². The van der Waals surface area contributed by atoms with Gasteiger partial charge >= 0.3 is 0 Å². The molecule has 2 aromatic carbocycles. The summed E-state index contributed by atoms with van der Waals surface area (Å²) < 4.78 is 0. The zero-order valence-corrected chi connectivity index (χ0v) is 14.9. The highest BCUT2D eigenvalue weighted by Gasteiger charge is 2.33. The van der Waals surface area contributed by atoms with E-state index in [2.05, 4.69) is 27.0 Å². The van der Waals surface area contributed by atoms with E-state index < -0.39 is 0 Å². The number of hydrogen-bond donors (Lipinski definition) is 0. The average molecular weight is 332 g/mol. The molecular weight excluding hydrogens is 312 g/mol. The van der Waals surface area contributed by atoms with E-state index >= 15 is 0 Å². The lowest BCUT2D eigenvalue weighted by Crippen LogP contribution is -2.23. The molecule has 1 aliphatic heterocycles. The lowest BCUT2D eigenvalue weighted by Gasteiger charge is -2.32. The van der Waals surface area contributed by atoms with E-state index in [-0.39, 0.29) is 5.78 Å². The molecule has 0 N–H and O–H groups in total. The summed E-state index contributed by atoms with van der Waals surface area (Å²) >= 11 is 1.93. The molecule has 0 saturated heterocycles. The highest BCUT2D eigenvalue weighted by atomic mass is 32.2. The van der Waals surface area contributed by atoms with Crippen molar-refractivity contribution in [1.82, 2.24) is 0 Å². The van der Waals surface area contributed by atoms with Gasteiger partial charge in [0, 0.05) is 22.1 Å². The van der Waals surface area contributed by atoms with Gasteiger partial charge in [0.15, 0.2) is 5.78 Å². The maximum atomic E-state index is 13.2. The van der Waals surface area contributed by atoms with Crippen molar-refractivity contribution in [2.75, 3.05) is 0 Å². The molecule has 2 aromatic rings. The molecular formula is C22H20OS. The zero-order valence-electron chi connectivity index (χ0n) is 14.1. The second-order valence-corrected chi connectivity index (χ2v) is 7.83. The van der Waals surface area contributed by atoms with E-state index in [9.17, 15) is 4.79 Å². The van der Waals surface area contributed by atoms with Crippen LogP contribution >= 0.6 is 11.8 Å². The number of hydrogen-bond acceptors (Lipinski definition) is 2. The molecule has 2 aliphatic rings. The molecule has 0 radical (unpaired) electrons. The van der Waals surface area contributed by atoms with Crippen LogP contribution in [-0.4, -0.2) is 11.0 Å². The molecule has 0 aromatic heterocycles. The number of thioether (sulfide) groups is 1. The van der Waals surface area contributed by atoms with Gasteiger partial charge in [-0.05, 0) is 59.2 Å². The summed E-state index contributed by atoms with van der Waals surface area (Å²) in [6.45, 7) is 12.5. The number of carbonyl (C=O) groups is 1. The van der Waals surface area contributed by atoms with Crippen LogP contribution in [0.5, 0.6) is 0 Å². The van der Waals surface area contributed by atoms with Gasteiger partial charge in [-0.3, -0.25) is 4.79 Å². The molecule has 1 heterocycles. The summed E-state index contributed by atoms with van der Waals surface area (Å²) in [4.78, 5) is 13.2. The van der Waals surface area contributed by atoms with Crippen molar-refractivity contribution in [3.8, 4) is 0 Å². The van der Waals surface area contributed by atoms with E-state index in [0.29, 0.717) is 5.25 Å². The molecule has 1 aliphatic carbocycles. The van der Waals surface area contributed by atoms with E-state index in [4.69, 9.17) is 0 Å². The van der Waals surface area contributed by atoms with Crippen LogP contribution in [0.3, 0.4) is 0 Å². The Kier molecular flexibility index (Phi) is 3.54. The molecule has 0 bridgehead atoms. The predicted octanol–water partition coefficient (Wildman–Crippen LogP) is 5.25. The minimum atomic E-state index is 0.143. The minimum Gasteiger partial charge on any atom is -0.289 e. The van der Waals surface area contributed by atoms with Crippen molar-refractivity contribution in [3.63, 3.8) is 0 Å². The van der Waals surface area contributed by atoms with E-state index in [1.807, 2.05) is 42.1 Å². The Balaban J connectivity index is 2.02. The monoisotopic (exact) mass is 332 g/mol. The third-order valence-electron chi connectivity index (χ3n) is 5.41. The summed E-state index contributed by atoms with van der Waals surface area (Å²) in [5.41, 5.74) is 9.77. The van der Waals surface area contributed by atoms with E-state index in [0.717, 1.165) is 45.6 Å². The van der Waals surface area contributed by atoms with Gasteiger partial charge in [0.05, 0.1) is 0 Å². The first-order valence-corrected chi connectivity index (χ1v) is 9.32. The first kappa shape index (κ1) is 15.5. The highest BCUT2D eigenvalue weighted by Crippen LogP contribution is 2.44. The summed E-state index contributed by atoms with van der Waals surface area (Å²) in [7, 11) is 0. The first-order chi connectivity index (χ1) is 11.5. The third kappa shape index (κ3) is 1.99. The molecule has 2 heteroatoms. The molecule has 0 spiro atoms. The first-order valence-electron chi connectivity index (χ1n) is 8.27. The van der Waals surface area contributed by atoms with Crippen molar-refractivity contribution in [2.24, 2.45) is 0 Å². The Morgan fingerprint density at radius 1 is 1.08 bits per heavy atom. The molecule has 1 atom stereocenters. The lowest BCUT2D eigenvalue weighted by atomic mass is 9.75. The van der Waals surface area contributed by atoms with Gasteiger partial charge < -0.3 is 0 Å². The maximum absolute atomic E-state index is 13.2. The molecule has 1 unspecified atom stereocenters. The summed E-state index contributed by atoms with van der Waals surface area (Å²) in [5.74, 6) is 1.12. The van der Waals surface area contributed by atoms with Crippen molar-refractivity contribution < 1.29 is 4.79 Å². The Bertz CT molecular complexity index is 920. The molecule has 0 fully saturated rings. The Labute approximate surface area is 147 Å². The second kappa shape index (κ2) is 5.49. The third-order valence-corrected chi connectivity index (χ3v) is 6.65. The molecule has 1 nitrogen and oxygen atoms in total. The van der Waals surface area contributed by atoms with Crippen molar-refractivity contribution >= 4 is 23.1 Å². The Hall–Kier alpha value is -2.06. The zero-order chi connectivity index (χ0) is 17.0. The summed E-state index contributed by atoms with van der Waals surface area (Å²) in [6.07, 6.45) is 2.99. The van der Waals surface area contributed by atoms with Crippen LogP contribution in [0.15, 0.2) is 43.5 Å². The molecule has 0 amide bonds. The smallest absolute Gasteiger partial charge is 0.194 e. The van der Waals surface area contributed by atoms with Crippen molar-refractivity contribution in [1.29, 1.82) is 0 Å². The Morgan fingerprint density at radius 2 is 1.75 bits per heavy atom. The standard InChI is InChI=1S/C22H20OS/c1-5-15-10-18-13(3)21-20(14(4)19(18)11-24-15)12(2)16-8-6-7-9-17(16)22(21)23/h5-9,15H,1-2,10-11H2,3-4H3. The van der Waals surface area contributed by atoms with Gasteiger partial charge in [0.1, 0.15) is 0 Å². The molecule has 120 valence electrons. The molecule has 0 saturated carbocycles. The Morgan fingerprint density at radius 3 is 2.46 bits per heavy atom. The second-order valence-electron chi connectivity index (χ2n) is 6.60. The van der Waals surface area contributed by atoms with Crippen LogP contribution in [0.4, 0.5) is 0 Å². The fourth-order valence-corrected chi connectivity index (χ4v) is 5.27. The maximum Gasteiger partial charge on any atom is 0.194 e. The number of ketones is 1. The molecule has 4 rings (SSSR count). The van der Waals surface area contributed by atoms with Crippen LogP contribution in [0.1, 0.15) is 49.3 Å². The van der Waals surface area contributed by atoms with Crippen molar-refractivity contribution in [2.45, 2.75) is 31.3 Å². The highest BCUT2D eigenvalue weighted by molar-refractivity contribution is 7.99. The van der Waals surface area contributed by atoms with E-state index in [1.165, 1.54) is 16.7 Å². The van der Waals surface area contributed by atoms with Gasteiger partial charge in [-0.2, -0.15) is 0 Å². The largest absolute Gasteiger partial charge is 0.289 e. The number of rotatable bonds is 1. The minimum absolute atomic E-state index is 0.143. The fourth-order valence-electron chi connectivity index (χ4n) is 4.08.